The van der Waals surface area contributed by atoms with Crippen molar-refractivity contribution < 1.29 is 14.6 Å². The molecular formula is C29H33N3O3. The van der Waals surface area contributed by atoms with Gasteiger partial charge in [0.05, 0.1) is 38.6 Å². The summed E-state index contributed by atoms with van der Waals surface area (Å²) in [6, 6.07) is 22.7. The van der Waals surface area contributed by atoms with Gasteiger partial charge in [0.15, 0.2) is 0 Å². The summed E-state index contributed by atoms with van der Waals surface area (Å²) in [6.07, 6.45) is 1.84. The average Bonchev–Trinajstić information content (AvgIpc) is 3.22. The molecular weight excluding hydrogens is 438 g/mol. The molecule has 0 amide bonds. The Bertz CT molecular complexity index is 1250. The van der Waals surface area contributed by atoms with E-state index in [1.807, 2.05) is 24.3 Å². The highest BCUT2D eigenvalue weighted by atomic mass is 16.5. The van der Waals surface area contributed by atoms with Gasteiger partial charge in [0, 0.05) is 35.5 Å². The van der Waals surface area contributed by atoms with E-state index in [1.165, 1.54) is 0 Å². The zero-order valence-corrected chi connectivity index (χ0v) is 20.3. The quantitative estimate of drug-likeness (QED) is 0.372. The van der Waals surface area contributed by atoms with Crippen molar-refractivity contribution in [1.82, 2.24) is 9.61 Å². The van der Waals surface area contributed by atoms with E-state index >= 15 is 0 Å². The number of nitrogens with zero attached hydrogens (tertiary/aromatic N) is 3. The van der Waals surface area contributed by atoms with Gasteiger partial charge < -0.3 is 19.5 Å². The largest absolute Gasteiger partial charge is 0.392 e. The van der Waals surface area contributed by atoms with Crippen molar-refractivity contribution in [2.75, 3.05) is 31.2 Å². The van der Waals surface area contributed by atoms with Gasteiger partial charge in [0.25, 0.3) is 0 Å². The van der Waals surface area contributed by atoms with Crippen molar-refractivity contribution in [3.63, 3.8) is 0 Å². The number of aryl methyl sites for hydroxylation is 1. The van der Waals surface area contributed by atoms with Crippen LogP contribution in [0.15, 0.2) is 66.7 Å². The first-order chi connectivity index (χ1) is 17.3. The van der Waals surface area contributed by atoms with Crippen LogP contribution >= 0.6 is 0 Å². The van der Waals surface area contributed by atoms with Crippen LogP contribution in [0.4, 0.5) is 5.82 Å². The molecule has 1 N–H and O–H groups in total. The molecule has 0 unspecified atom stereocenters. The van der Waals surface area contributed by atoms with Crippen LogP contribution in [-0.4, -0.2) is 41.0 Å². The molecule has 4 aromatic rings. The molecule has 0 aliphatic carbocycles. The second-order valence-electron chi connectivity index (χ2n) is 8.93. The Morgan fingerprint density at radius 3 is 2.34 bits per heavy atom. The fraction of sp³-hybridized carbons (Fsp3) is 0.345. The zero-order chi connectivity index (χ0) is 24.0. The van der Waals surface area contributed by atoms with Crippen LogP contribution in [-0.2, 0) is 35.7 Å². The van der Waals surface area contributed by atoms with Crippen LogP contribution in [0, 0.1) is 0 Å². The number of ether oxygens (including phenoxy) is 2. The number of aliphatic hydroxyl groups excluding tert-OH is 1. The first-order valence-corrected chi connectivity index (χ1v) is 12.5. The number of benzene rings is 2. The van der Waals surface area contributed by atoms with Gasteiger partial charge in [0.1, 0.15) is 5.82 Å². The second-order valence-corrected chi connectivity index (χ2v) is 8.93. The Balaban J connectivity index is 1.64. The smallest absolute Gasteiger partial charge is 0.150 e. The third-order valence-corrected chi connectivity index (χ3v) is 6.62. The molecule has 1 saturated heterocycles. The highest BCUT2D eigenvalue weighted by molar-refractivity contribution is 5.86. The van der Waals surface area contributed by atoms with Gasteiger partial charge in [-0.05, 0) is 23.6 Å². The molecule has 2 aromatic heterocycles. The number of rotatable bonds is 9. The third-order valence-electron chi connectivity index (χ3n) is 6.62. The lowest BCUT2D eigenvalue weighted by molar-refractivity contribution is 0.105. The molecule has 1 aliphatic heterocycles. The first-order valence-electron chi connectivity index (χ1n) is 12.5. The number of fused-ring (bicyclic) bond motifs is 1. The van der Waals surface area contributed by atoms with Crippen molar-refractivity contribution in [2.45, 2.75) is 39.6 Å². The van der Waals surface area contributed by atoms with Crippen LogP contribution < -0.4 is 4.90 Å². The van der Waals surface area contributed by atoms with E-state index in [0.717, 1.165) is 70.8 Å². The molecule has 1 fully saturated rings. The molecule has 0 atom stereocenters. The molecule has 3 heterocycles. The van der Waals surface area contributed by atoms with Crippen LogP contribution in [0.3, 0.4) is 0 Å². The fourth-order valence-corrected chi connectivity index (χ4v) is 4.89. The zero-order valence-electron chi connectivity index (χ0n) is 20.3. The van der Waals surface area contributed by atoms with Gasteiger partial charge in [-0.1, -0.05) is 74.0 Å². The predicted octanol–water partition coefficient (Wildman–Crippen LogP) is 5.00. The average molecular weight is 472 g/mol. The van der Waals surface area contributed by atoms with E-state index in [0.29, 0.717) is 26.4 Å². The predicted molar refractivity (Wildman–Crippen MR) is 139 cm³/mol. The molecule has 0 spiro atoms. The first kappa shape index (κ1) is 23.5. The lowest BCUT2D eigenvalue weighted by Gasteiger charge is -2.28. The molecule has 6 nitrogen and oxygen atoms in total. The van der Waals surface area contributed by atoms with Crippen molar-refractivity contribution in [1.29, 1.82) is 0 Å². The van der Waals surface area contributed by atoms with Crippen LogP contribution in [0.25, 0.3) is 16.6 Å². The van der Waals surface area contributed by atoms with Gasteiger partial charge in [-0.25, -0.2) is 4.52 Å². The van der Waals surface area contributed by atoms with Crippen LogP contribution in [0.5, 0.6) is 0 Å². The van der Waals surface area contributed by atoms with Crippen molar-refractivity contribution in [3.05, 3.63) is 89.1 Å². The maximum atomic E-state index is 10.6. The fourth-order valence-electron chi connectivity index (χ4n) is 4.89. The summed E-state index contributed by atoms with van der Waals surface area (Å²) >= 11 is 0. The van der Waals surface area contributed by atoms with E-state index in [4.69, 9.17) is 14.6 Å². The van der Waals surface area contributed by atoms with Crippen LogP contribution in [0.1, 0.15) is 35.7 Å². The lowest BCUT2D eigenvalue weighted by atomic mass is 10.0. The number of morpholine rings is 1. The lowest BCUT2D eigenvalue weighted by Crippen LogP contribution is -2.37. The minimum atomic E-state index is -0.0599. The second kappa shape index (κ2) is 11.0. The summed E-state index contributed by atoms with van der Waals surface area (Å²) in [5, 5.41) is 15.7. The van der Waals surface area contributed by atoms with E-state index in [-0.39, 0.29) is 6.61 Å². The maximum absolute atomic E-state index is 10.6. The van der Waals surface area contributed by atoms with Gasteiger partial charge in [-0.15, -0.1) is 0 Å². The Kier molecular flexibility index (Phi) is 7.42. The monoisotopic (exact) mass is 471 g/mol. The van der Waals surface area contributed by atoms with Gasteiger partial charge >= 0.3 is 0 Å². The third kappa shape index (κ3) is 4.96. The normalized spacial score (nSPS) is 14.1. The summed E-state index contributed by atoms with van der Waals surface area (Å²) in [5.41, 5.74) is 7.37. The Labute approximate surface area is 206 Å². The Morgan fingerprint density at radius 2 is 1.66 bits per heavy atom. The molecule has 182 valence electrons. The highest BCUT2D eigenvalue weighted by Gasteiger charge is 2.24. The summed E-state index contributed by atoms with van der Waals surface area (Å²) in [5.74, 6) is 0.938. The minimum absolute atomic E-state index is 0.0599. The molecule has 6 heteroatoms. The summed E-state index contributed by atoms with van der Waals surface area (Å²) in [4.78, 5) is 2.29. The van der Waals surface area contributed by atoms with Gasteiger partial charge in [-0.3, -0.25) is 0 Å². The topological polar surface area (TPSA) is 59.2 Å². The molecule has 0 radical (unpaired) electrons. The van der Waals surface area contributed by atoms with Gasteiger partial charge in [0.2, 0.25) is 0 Å². The van der Waals surface area contributed by atoms with Crippen LogP contribution in [0.2, 0.25) is 0 Å². The highest BCUT2D eigenvalue weighted by Crippen LogP contribution is 2.35. The summed E-state index contributed by atoms with van der Waals surface area (Å²) in [7, 11) is 0. The van der Waals surface area contributed by atoms with E-state index < -0.39 is 0 Å². The van der Waals surface area contributed by atoms with Crippen molar-refractivity contribution >= 4 is 11.3 Å². The number of hydrogen-bond acceptors (Lipinski definition) is 5. The van der Waals surface area contributed by atoms with E-state index in [1.54, 1.807) is 0 Å². The molecule has 1 aliphatic rings. The van der Waals surface area contributed by atoms with Gasteiger partial charge in [-0.2, -0.15) is 5.10 Å². The Morgan fingerprint density at radius 1 is 0.943 bits per heavy atom. The molecule has 5 rings (SSSR count). The molecule has 2 aromatic carbocycles. The molecule has 0 bridgehead atoms. The molecule has 0 saturated carbocycles. The number of anilines is 1. The number of aliphatic hydroxyl groups is 1. The minimum Gasteiger partial charge on any atom is -0.392 e. The molecule has 35 heavy (non-hydrogen) atoms. The van der Waals surface area contributed by atoms with Crippen molar-refractivity contribution in [2.24, 2.45) is 0 Å². The number of hydrogen-bond donors (Lipinski definition) is 1. The van der Waals surface area contributed by atoms with E-state index in [2.05, 4.69) is 58.8 Å². The SMILES string of the molecule is CCCc1c(COCc2ccccc2)c(CO)c2c(-c3ccccc3)cc(N3CCOCC3)nn12. The summed E-state index contributed by atoms with van der Waals surface area (Å²) < 4.78 is 13.8. The summed E-state index contributed by atoms with van der Waals surface area (Å²) in [6.45, 7) is 6.12. The van der Waals surface area contributed by atoms with Crippen molar-refractivity contribution in [3.8, 4) is 11.1 Å². The van der Waals surface area contributed by atoms with E-state index in [9.17, 15) is 5.11 Å². The number of aromatic nitrogens is 2. The Hall–Kier alpha value is -3.19. The maximum Gasteiger partial charge on any atom is 0.150 e. The standard InChI is InChI=1S/C29H33N3O3/c1-2-9-27-26(21-35-20-22-10-5-3-6-11-22)25(19-33)29-24(23-12-7-4-8-13-23)18-28(30-32(27)29)31-14-16-34-17-15-31/h3-8,10-13,18,33H,2,9,14-17,19-21H2,1H3.